The standard InChI is InChI=1S/C22H25Cl2NO4/c1-3-29-18-11-10-14(13-19(18)28-2)21(15-7-6-8-16(23)20(15)24)25-12-5-4-9-17(25)22(26)27/h6-8,10-11,13,17,21H,3-5,9,12H2,1-2H3,(H,26,27). The third-order valence-corrected chi connectivity index (χ3v) is 6.07. The first kappa shape index (κ1) is 21.8. The molecule has 2 unspecified atom stereocenters. The molecule has 5 nitrogen and oxygen atoms in total. The molecule has 2 atom stereocenters. The molecular formula is C22H25Cl2NO4. The lowest BCUT2D eigenvalue weighted by molar-refractivity contribution is -0.145. The SMILES string of the molecule is CCOc1ccc(C(c2cccc(Cl)c2Cl)N2CCCCC2C(=O)O)cc1OC. The molecule has 1 aliphatic rings. The molecule has 156 valence electrons. The van der Waals surface area contributed by atoms with Crippen molar-refractivity contribution in [3.63, 3.8) is 0 Å². The summed E-state index contributed by atoms with van der Waals surface area (Å²) in [7, 11) is 1.59. The van der Waals surface area contributed by atoms with Gasteiger partial charge >= 0.3 is 5.97 Å². The van der Waals surface area contributed by atoms with E-state index in [9.17, 15) is 9.90 Å². The quantitative estimate of drug-likeness (QED) is 0.625. The van der Waals surface area contributed by atoms with E-state index in [2.05, 4.69) is 0 Å². The number of piperidine rings is 1. The van der Waals surface area contributed by atoms with Crippen LogP contribution >= 0.6 is 23.2 Å². The van der Waals surface area contributed by atoms with Crippen molar-refractivity contribution in [3.05, 3.63) is 57.6 Å². The highest BCUT2D eigenvalue weighted by Gasteiger charge is 2.36. The lowest BCUT2D eigenvalue weighted by Gasteiger charge is -2.40. The first-order valence-electron chi connectivity index (χ1n) is 9.71. The van der Waals surface area contributed by atoms with Gasteiger partial charge in [-0.15, -0.1) is 0 Å². The Hall–Kier alpha value is -1.95. The highest BCUT2D eigenvalue weighted by Crippen LogP contribution is 2.42. The lowest BCUT2D eigenvalue weighted by Crippen LogP contribution is -2.46. The first-order valence-corrected chi connectivity index (χ1v) is 10.5. The number of rotatable bonds is 7. The average molecular weight is 438 g/mol. The molecule has 1 N–H and O–H groups in total. The molecule has 0 aromatic heterocycles. The lowest BCUT2D eigenvalue weighted by atomic mass is 9.91. The zero-order valence-electron chi connectivity index (χ0n) is 16.5. The highest BCUT2D eigenvalue weighted by molar-refractivity contribution is 6.42. The molecular weight excluding hydrogens is 413 g/mol. The molecule has 0 amide bonds. The predicted molar refractivity (Wildman–Crippen MR) is 114 cm³/mol. The summed E-state index contributed by atoms with van der Waals surface area (Å²) in [5, 5.41) is 10.7. The number of likely N-dealkylation sites (tertiary alicyclic amines) is 1. The van der Waals surface area contributed by atoms with E-state index in [-0.39, 0.29) is 6.04 Å². The summed E-state index contributed by atoms with van der Waals surface area (Å²) in [6.07, 6.45) is 2.40. The van der Waals surface area contributed by atoms with Crippen LogP contribution in [0.25, 0.3) is 0 Å². The molecule has 0 spiro atoms. The van der Waals surface area contributed by atoms with E-state index in [0.29, 0.717) is 41.1 Å². The van der Waals surface area contributed by atoms with Gasteiger partial charge in [0.25, 0.3) is 0 Å². The Bertz CT molecular complexity index is 874. The van der Waals surface area contributed by atoms with Crippen molar-refractivity contribution in [1.29, 1.82) is 0 Å². The number of methoxy groups -OCH3 is 1. The van der Waals surface area contributed by atoms with Gasteiger partial charge in [-0.25, -0.2) is 0 Å². The Morgan fingerprint density at radius 2 is 2.03 bits per heavy atom. The Labute approximate surface area is 181 Å². The molecule has 0 bridgehead atoms. The third kappa shape index (κ3) is 4.63. The van der Waals surface area contributed by atoms with Gasteiger partial charge in [-0.2, -0.15) is 0 Å². The molecule has 7 heteroatoms. The van der Waals surface area contributed by atoms with Crippen molar-refractivity contribution in [2.75, 3.05) is 20.3 Å². The normalized spacial score (nSPS) is 18.3. The van der Waals surface area contributed by atoms with Crippen molar-refractivity contribution in [3.8, 4) is 11.5 Å². The number of hydrogen-bond donors (Lipinski definition) is 1. The minimum atomic E-state index is -0.828. The topological polar surface area (TPSA) is 59.0 Å². The number of hydrogen-bond acceptors (Lipinski definition) is 4. The van der Waals surface area contributed by atoms with Crippen molar-refractivity contribution in [2.24, 2.45) is 0 Å². The highest BCUT2D eigenvalue weighted by atomic mass is 35.5. The van der Waals surface area contributed by atoms with Crippen LogP contribution in [0.3, 0.4) is 0 Å². The van der Waals surface area contributed by atoms with Crippen LogP contribution in [0.1, 0.15) is 43.4 Å². The monoisotopic (exact) mass is 437 g/mol. The van der Waals surface area contributed by atoms with Gasteiger partial charge < -0.3 is 14.6 Å². The summed E-state index contributed by atoms with van der Waals surface area (Å²) in [6, 6.07) is 10.2. The molecule has 1 fully saturated rings. The second kappa shape index (κ2) is 9.70. The second-order valence-electron chi connectivity index (χ2n) is 6.98. The van der Waals surface area contributed by atoms with E-state index in [1.807, 2.05) is 42.2 Å². The van der Waals surface area contributed by atoms with Gasteiger partial charge in [-0.05, 0) is 55.6 Å². The van der Waals surface area contributed by atoms with Crippen LogP contribution in [-0.4, -0.2) is 42.3 Å². The summed E-state index contributed by atoms with van der Waals surface area (Å²) in [5.41, 5.74) is 1.65. The van der Waals surface area contributed by atoms with E-state index in [1.165, 1.54) is 0 Å². The maximum atomic E-state index is 12.0. The van der Waals surface area contributed by atoms with E-state index in [4.69, 9.17) is 32.7 Å². The fourth-order valence-electron chi connectivity index (χ4n) is 3.94. The third-order valence-electron chi connectivity index (χ3n) is 5.24. The Morgan fingerprint density at radius 1 is 1.24 bits per heavy atom. The predicted octanol–water partition coefficient (Wildman–Crippen LogP) is 5.43. The van der Waals surface area contributed by atoms with Crippen molar-refractivity contribution >= 4 is 29.2 Å². The van der Waals surface area contributed by atoms with Gasteiger partial charge in [0.15, 0.2) is 11.5 Å². The van der Waals surface area contributed by atoms with Gasteiger partial charge in [0.05, 0.1) is 29.8 Å². The van der Waals surface area contributed by atoms with Crippen LogP contribution in [0.5, 0.6) is 11.5 Å². The summed E-state index contributed by atoms with van der Waals surface area (Å²) in [5.74, 6) is 0.408. The first-order chi connectivity index (χ1) is 14.0. The van der Waals surface area contributed by atoms with Crippen LogP contribution in [-0.2, 0) is 4.79 Å². The van der Waals surface area contributed by atoms with Crippen LogP contribution in [0.4, 0.5) is 0 Å². The molecule has 29 heavy (non-hydrogen) atoms. The molecule has 2 aromatic carbocycles. The van der Waals surface area contributed by atoms with Gasteiger partial charge in [-0.1, -0.05) is 47.8 Å². The van der Waals surface area contributed by atoms with E-state index >= 15 is 0 Å². The molecule has 1 saturated heterocycles. The van der Waals surface area contributed by atoms with Gasteiger partial charge in [0.2, 0.25) is 0 Å². The number of halogens is 2. The maximum Gasteiger partial charge on any atom is 0.320 e. The number of ether oxygens (including phenoxy) is 2. The molecule has 2 aromatic rings. The van der Waals surface area contributed by atoms with E-state index in [1.54, 1.807) is 13.2 Å². The van der Waals surface area contributed by atoms with E-state index in [0.717, 1.165) is 24.0 Å². The second-order valence-corrected chi connectivity index (χ2v) is 7.76. The number of carbonyl (C=O) groups is 1. The number of aliphatic carboxylic acids is 1. The van der Waals surface area contributed by atoms with Gasteiger partial charge in [0, 0.05) is 0 Å². The molecule has 1 heterocycles. The van der Waals surface area contributed by atoms with E-state index < -0.39 is 12.0 Å². The Balaban J connectivity index is 2.15. The molecule has 0 aliphatic carbocycles. The minimum Gasteiger partial charge on any atom is -0.493 e. The number of benzene rings is 2. The maximum absolute atomic E-state index is 12.0. The molecule has 1 aliphatic heterocycles. The summed E-state index contributed by atoms with van der Waals surface area (Å²) in [4.78, 5) is 14.0. The summed E-state index contributed by atoms with van der Waals surface area (Å²) >= 11 is 12.9. The minimum absolute atomic E-state index is 0.368. The molecule has 0 radical (unpaired) electrons. The number of carboxylic acids is 1. The smallest absolute Gasteiger partial charge is 0.320 e. The van der Waals surface area contributed by atoms with Crippen molar-refractivity contribution in [1.82, 2.24) is 4.90 Å². The van der Waals surface area contributed by atoms with Crippen molar-refractivity contribution in [2.45, 2.75) is 38.3 Å². The van der Waals surface area contributed by atoms with Crippen LogP contribution in [0.2, 0.25) is 10.0 Å². The Kier molecular flexibility index (Phi) is 7.28. The van der Waals surface area contributed by atoms with Crippen molar-refractivity contribution < 1.29 is 19.4 Å². The summed E-state index contributed by atoms with van der Waals surface area (Å²) < 4.78 is 11.2. The number of carboxylic acid groups (broad SMARTS) is 1. The number of nitrogens with zero attached hydrogens (tertiary/aromatic N) is 1. The fourth-order valence-corrected chi connectivity index (χ4v) is 4.35. The largest absolute Gasteiger partial charge is 0.493 e. The average Bonchev–Trinajstić information content (AvgIpc) is 2.72. The van der Waals surface area contributed by atoms with Crippen LogP contribution < -0.4 is 9.47 Å². The zero-order valence-corrected chi connectivity index (χ0v) is 18.0. The fraction of sp³-hybridized carbons (Fsp3) is 0.409. The zero-order chi connectivity index (χ0) is 21.0. The van der Waals surface area contributed by atoms with Gasteiger partial charge in [-0.3, -0.25) is 9.69 Å². The molecule has 3 rings (SSSR count). The Morgan fingerprint density at radius 3 is 2.72 bits per heavy atom. The molecule has 0 saturated carbocycles. The van der Waals surface area contributed by atoms with Crippen LogP contribution in [0, 0.1) is 0 Å². The van der Waals surface area contributed by atoms with Crippen LogP contribution in [0.15, 0.2) is 36.4 Å². The van der Waals surface area contributed by atoms with Gasteiger partial charge in [0.1, 0.15) is 6.04 Å². The summed E-state index contributed by atoms with van der Waals surface area (Å²) in [6.45, 7) is 3.08.